The first kappa shape index (κ1) is 30.7. The normalized spacial score (nSPS) is 18.2. The Balaban J connectivity index is 5.87. The van der Waals surface area contributed by atoms with E-state index >= 15 is 0 Å². The molecule has 0 nitrogen and oxygen atoms in total. The summed E-state index contributed by atoms with van der Waals surface area (Å²) in [7, 11) is 0. The molecule has 2 unspecified atom stereocenters. The Kier molecular flexibility index (Phi) is 11.6. The van der Waals surface area contributed by atoms with Crippen LogP contribution in [0.4, 0.5) is 0 Å². The van der Waals surface area contributed by atoms with Gasteiger partial charge in [0.1, 0.15) is 0 Å². The minimum Gasteiger partial charge on any atom is -0.0796 e. The molecule has 0 aliphatic heterocycles. The van der Waals surface area contributed by atoms with Crippen molar-refractivity contribution in [2.45, 2.75) is 155 Å². The molecule has 0 aromatic heterocycles. The summed E-state index contributed by atoms with van der Waals surface area (Å²) in [4.78, 5) is 0. The Morgan fingerprint density at radius 1 is 0.677 bits per heavy atom. The molecule has 0 aliphatic carbocycles. The highest BCUT2D eigenvalue weighted by Gasteiger charge is 2.34. The molecule has 0 bridgehead atoms. The first-order chi connectivity index (χ1) is 13.8. The van der Waals surface area contributed by atoms with E-state index in [4.69, 9.17) is 0 Å². The van der Waals surface area contributed by atoms with Crippen molar-refractivity contribution < 1.29 is 0 Å². The van der Waals surface area contributed by atoms with Crippen molar-refractivity contribution in [1.29, 1.82) is 0 Å². The van der Waals surface area contributed by atoms with Crippen LogP contribution in [0, 0.1) is 33.0 Å². The summed E-state index contributed by atoms with van der Waals surface area (Å²) in [6.07, 6.45) is 14.3. The van der Waals surface area contributed by atoms with Gasteiger partial charge in [0.25, 0.3) is 0 Å². The summed E-state index contributed by atoms with van der Waals surface area (Å²) in [6, 6.07) is 0. The predicted molar refractivity (Wildman–Crippen MR) is 145 cm³/mol. The fraction of sp³-hybridized carbons (Fsp3) is 0.935. The summed E-state index contributed by atoms with van der Waals surface area (Å²) in [5, 5.41) is 0. The third kappa shape index (κ3) is 13.1. The summed E-state index contributed by atoms with van der Waals surface area (Å²) >= 11 is 0. The van der Waals surface area contributed by atoms with Crippen LogP contribution >= 0.6 is 0 Å². The average molecular weight is 435 g/mol. The van der Waals surface area contributed by atoms with Gasteiger partial charge >= 0.3 is 0 Å². The molecule has 0 rings (SSSR count). The SMILES string of the molecule is CCC(C)(C)CC(C)(CC)CC(=CC(C)(C)CC(C)(CC)CCC(C)C)CC(C)(C)C. The molecule has 0 aliphatic rings. The monoisotopic (exact) mass is 434 g/mol. The number of rotatable bonds is 14. The molecular weight excluding hydrogens is 372 g/mol. The van der Waals surface area contributed by atoms with Gasteiger partial charge in [0.15, 0.2) is 0 Å². The van der Waals surface area contributed by atoms with Crippen molar-refractivity contribution >= 4 is 0 Å². The van der Waals surface area contributed by atoms with Crippen LogP contribution in [0.5, 0.6) is 0 Å². The first-order valence-corrected chi connectivity index (χ1v) is 13.5. The lowest BCUT2D eigenvalue weighted by Crippen LogP contribution is -2.28. The van der Waals surface area contributed by atoms with Crippen molar-refractivity contribution in [3.05, 3.63) is 11.6 Å². The summed E-state index contributed by atoms with van der Waals surface area (Å²) in [5.74, 6) is 0.799. The number of hydrogen-bond donors (Lipinski definition) is 0. The van der Waals surface area contributed by atoms with Crippen LogP contribution in [0.3, 0.4) is 0 Å². The Bertz CT molecular complexity index is 539. The quantitative estimate of drug-likeness (QED) is 0.238. The van der Waals surface area contributed by atoms with Crippen molar-refractivity contribution in [1.82, 2.24) is 0 Å². The Labute approximate surface area is 199 Å². The van der Waals surface area contributed by atoms with E-state index in [1.54, 1.807) is 5.57 Å². The van der Waals surface area contributed by atoms with Crippen molar-refractivity contribution in [2.24, 2.45) is 33.0 Å². The van der Waals surface area contributed by atoms with E-state index < -0.39 is 0 Å². The van der Waals surface area contributed by atoms with Gasteiger partial charge < -0.3 is 0 Å². The van der Waals surface area contributed by atoms with E-state index in [1.165, 1.54) is 57.8 Å². The van der Waals surface area contributed by atoms with Gasteiger partial charge in [-0.05, 0) is 65.1 Å². The highest BCUT2D eigenvalue weighted by Crippen LogP contribution is 2.47. The lowest BCUT2D eigenvalue weighted by atomic mass is 9.65. The highest BCUT2D eigenvalue weighted by molar-refractivity contribution is 5.13. The molecule has 0 fully saturated rings. The molecule has 2 atom stereocenters. The molecule has 0 amide bonds. The second-order valence-electron chi connectivity index (χ2n) is 14.8. The zero-order valence-electron chi connectivity index (χ0n) is 24.5. The number of hydrogen-bond acceptors (Lipinski definition) is 0. The maximum atomic E-state index is 2.72. The molecule has 0 saturated heterocycles. The van der Waals surface area contributed by atoms with Gasteiger partial charge in [0.05, 0.1) is 0 Å². The minimum atomic E-state index is 0.247. The molecule has 0 heterocycles. The van der Waals surface area contributed by atoms with E-state index in [-0.39, 0.29) is 5.41 Å². The molecule has 0 saturated carbocycles. The van der Waals surface area contributed by atoms with Crippen LogP contribution in [0.2, 0.25) is 0 Å². The van der Waals surface area contributed by atoms with E-state index in [2.05, 4.69) is 103 Å². The minimum absolute atomic E-state index is 0.247. The van der Waals surface area contributed by atoms with Crippen molar-refractivity contribution in [2.75, 3.05) is 0 Å². The van der Waals surface area contributed by atoms with Crippen LogP contribution in [0.15, 0.2) is 11.6 Å². The van der Waals surface area contributed by atoms with Gasteiger partial charge in [-0.3, -0.25) is 0 Å². The van der Waals surface area contributed by atoms with Gasteiger partial charge in [-0.2, -0.15) is 0 Å². The third-order valence-corrected chi connectivity index (χ3v) is 7.78. The number of allylic oxidation sites excluding steroid dienone is 2. The highest BCUT2D eigenvalue weighted by atomic mass is 14.4. The second-order valence-corrected chi connectivity index (χ2v) is 14.8. The van der Waals surface area contributed by atoms with Gasteiger partial charge in [0, 0.05) is 0 Å². The third-order valence-electron chi connectivity index (χ3n) is 7.78. The summed E-state index contributed by atoms with van der Waals surface area (Å²) in [5.41, 5.74) is 3.54. The van der Waals surface area contributed by atoms with E-state index in [0.29, 0.717) is 21.7 Å². The fourth-order valence-corrected chi connectivity index (χ4v) is 5.72. The van der Waals surface area contributed by atoms with E-state index in [9.17, 15) is 0 Å². The molecule has 0 aromatic carbocycles. The van der Waals surface area contributed by atoms with Crippen LogP contribution in [0.25, 0.3) is 0 Å². The van der Waals surface area contributed by atoms with Gasteiger partial charge in [0.2, 0.25) is 0 Å². The maximum absolute atomic E-state index is 2.72. The molecular formula is C31H62. The lowest BCUT2D eigenvalue weighted by molar-refractivity contribution is 0.157. The lowest BCUT2D eigenvalue weighted by Gasteiger charge is -2.40. The Hall–Kier alpha value is -0.260. The van der Waals surface area contributed by atoms with Crippen molar-refractivity contribution in [3.8, 4) is 0 Å². The van der Waals surface area contributed by atoms with Crippen LogP contribution in [0.1, 0.15) is 155 Å². The fourth-order valence-electron chi connectivity index (χ4n) is 5.72. The summed E-state index contributed by atoms with van der Waals surface area (Å²) in [6.45, 7) is 34.1. The molecule has 0 heteroatoms. The molecule has 0 aromatic rings. The van der Waals surface area contributed by atoms with Gasteiger partial charge in [-0.15, -0.1) is 0 Å². The topological polar surface area (TPSA) is 0 Å². The predicted octanol–water partition coefficient (Wildman–Crippen LogP) is 11.3. The molecule has 0 radical (unpaired) electrons. The van der Waals surface area contributed by atoms with Crippen LogP contribution in [-0.4, -0.2) is 0 Å². The smallest absolute Gasteiger partial charge is 0.0167 e. The zero-order valence-corrected chi connectivity index (χ0v) is 24.5. The van der Waals surface area contributed by atoms with E-state index in [0.717, 1.165) is 5.92 Å². The Morgan fingerprint density at radius 3 is 1.58 bits per heavy atom. The van der Waals surface area contributed by atoms with E-state index in [1.807, 2.05) is 0 Å². The maximum Gasteiger partial charge on any atom is -0.0167 e. The average Bonchev–Trinajstić information content (AvgIpc) is 2.57. The molecule has 186 valence electrons. The van der Waals surface area contributed by atoms with Gasteiger partial charge in [-0.25, -0.2) is 0 Å². The molecule has 0 spiro atoms. The van der Waals surface area contributed by atoms with Gasteiger partial charge in [-0.1, -0.05) is 134 Å². The largest absolute Gasteiger partial charge is 0.0796 e. The molecule has 31 heavy (non-hydrogen) atoms. The summed E-state index contributed by atoms with van der Waals surface area (Å²) < 4.78 is 0. The van der Waals surface area contributed by atoms with Crippen LogP contribution in [-0.2, 0) is 0 Å². The molecule has 0 N–H and O–H groups in total. The standard InChI is InChI=1S/C31H62/c1-15-28(9,10)23-31(14,17-3)22-26(20-27(6,7)8)21-29(11,12)24-30(13,16-2)19-18-25(4)5/h21,25H,15-20,22-24H2,1-14H3. The Morgan fingerprint density at radius 2 is 1.19 bits per heavy atom. The van der Waals surface area contributed by atoms with Crippen LogP contribution < -0.4 is 0 Å². The zero-order chi connectivity index (χ0) is 24.7. The first-order valence-electron chi connectivity index (χ1n) is 13.5. The van der Waals surface area contributed by atoms with Crippen molar-refractivity contribution in [3.63, 3.8) is 0 Å². The second kappa shape index (κ2) is 11.7.